The van der Waals surface area contributed by atoms with Crippen molar-refractivity contribution in [3.63, 3.8) is 0 Å². The number of aromatic nitrogens is 5. The standard InChI is InChI=1S/C30H29ClFN7O3S/c1-16-17(2)35-37(3)29(41)27(16)30(42)38-15-43-14-26(38)28(40)33-20-9-10-23(32)22(12-20)24-13-39(36-34-24)25-6-4-5-18-7-8-19(31)11-21(18)25/h7-13,25-26H,4-6,14-15H2,1-3H3,(H,33,40)/t25-,26?/m0/s1. The molecule has 0 spiro atoms. The average molecular weight is 622 g/mol. The number of hydrogen-bond donors (Lipinski definition) is 1. The number of aryl methyl sites for hydroxylation is 3. The van der Waals surface area contributed by atoms with Gasteiger partial charge in [0, 0.05) is 29.1 Å². The molecular weight excluding hydrogens is 593 g/mol. The summed E-state index contributed by atoms with van der Waals surface area (Å²) in [5.41, 5.74) is 3.70. The molecule has 0 radical (unpaired) electrons. The molecule has 2 aromatic heterocycles. The fraction of sp³-hybridized carbons (Fsp3) is 0.333. The van der Waals surface area contributed by atoms with Crippen molar-refractivity contribution < 1.29 is 14.0 Å². The number of benzene rings is 2. The smallest absolute Gasteiger partial charge is 0.279 e. The van der Waals surface area contributed by atoms with Crippen LogP contribution in [0.4, 0.5) is 10.1 Å². The molecule has 1 unspecified atom stereocenters. The second-order valence-electron chi connectivity index (χ2n) is 10.8. The van der Waals surface area contributed by atoms with Gasteiger partial charge in [-0.05, 0) is 80.1 Å². The second-order valence-corrected chi connectivity index (χ2v) is 12.3. The summed E-state index contributed by atoms with van der Waals surface area (Å²) in [7, 11) is 1.49. The molecule has 2 atom stereocenters. The summed E-state index contributed by atoms with van der Waals surface area (Å²) in [5.74, 6) is -0.847. The molecule has 43 heavy (non-hydrogen) atoms. The van der Waals surface area contributed by atoms with Gasteiger partial charge in [-0.2, -0.15) is 5.10 Å². The third kappa shape index (κ3) is 5.45. The number of halogens is 2. The van der Waals surface area contributed by atoms with E-state index in [1.165, 1.54) is 47.5 Å². The number of anilines is 1. The van der Waals surface area contributed by atoms with Gasteiger partial charge in [-0.15, -0.1) is 16.9 Å². The van der Waals surface area contributed by atoms with Crippen molar-refractivity contribution in [1.29, 1.82) is 0 Å². The summed E-state index contributed by atoms with van der Waals surface area (Å²) in [4.78, 5) is 41.1. The lowest BCUT2D eigenvalue weighted by atomic mass is 9.88. The van der Waals surface area contributed by atoms with Crippen LogP contribution in [0.1, 0.15) is 51.6 Å². The van der Waals surface area contributed by atoms with E-state index in [0.29, 0.717) is 33.4 Å². The maximum absolute atomic E-state index is 15.0. The summed E-state index contributed by atoms with van der Waals surface area (Å²) in [6.45, 7) is 3.40. The van der Waals surface area contributed by atoms with Gasteiger partial charge >= 0.3 is 0 Å². The van der Waals surface area contributed by atoms with Crippen LogP contribution in [0.2, 0.25) is 5.02 Å². The molecule has 1 aliphatic carbocycles. The number of rotatable bonds is 5. The highest BCUT2D eigenvalue weighted by Crippen LogP contribution is 2.35. The zero-order chi connectivity index (χ0) is 30.4. The van der Waals surface area contributed by atoms with Crippen molar-refractivity contribution in [2.24, 2.45) is 7.05 Å². The summed E-state index contributed by atoms with van der Waals surface area (Å²) < 4.78 is 17.9. The van der Waals surface area contributed by atoms with E-state index in [2.05, 4.69) is 20.7 Å². The zero-order valence-electron chi connectivity index (χ0n) is 23.8. The van der Waals surface area contributed by atoms with Crippen molar-refractivity contribution in [2.75, 3.05) is 16.9 Å². The van der Waals surface area contributed by atoms with Crippen LogP contribution in [0, 0.1) is 19.7 Å². The molecule has 1 N–H and O–H groups in total. The van der Waals surface area contributed by atoms with Crippen molar-refractivity contribution in [2.45, 2.75) is 45.2 Å². The van der Waals surface area contributed by atoms with E-state index in [9.17, 15) is 14.4 Å². The molecule has 2 aliphatic rings. The average Bonchev–Trinajstić information content (AvgIpc) is 3.68. The SMILES string of the molecule is Cc1nn(C)c(=O)c(C(=O)N2CSCC2C(=O)Nc2ccc(F)c(-c3cn([C@H]4CCCc5ccc(Cl)cc54)nn3)c2)c1C. The van der Waals surface area contributed by atoms with E-state index in [4.69, 9.17) is 11.6 Å². The van der Waals surface area contributed by atoms with Crippen LogP contribution >= 0.6 is 23.4 Å². The first kappa shape index (κ1) is 29.1. The topological polar surface area (TPSA) is 115 Å². The largest absolute Gasteiger partial charge is 0.324 e. The lowest BCUT2D eigenvalue weighted by Crippen LogP contribution is -2.46. The minimum atomic E-state index is -0.817. The van der Waals surface area contributed by atoms with Crippen LogP contribution in [0.3, 0.4) is 0 Å². The first-order valence-electron chi connectivity index (χ1n) is 13.9. The fourth-order valence-corrected chi connectivity index (χ4v) is 7.04. The molecule has 6 rings (SSSR count). The van der Waals surface area contributed by atoms with Gasteiger partial charge < -0.3 is 10.2 Å². The quantitative estimate of drug-likeness (QED) is 0.348. The van der Waals surface area contributed by atoms with E-state index >= 15 is 4.39 Å². The van der Waals surface area contributed by atoms with Crippen LogP contribution in [0.15, 0.2) is 47.4 Å². The van der Waals surface area contributed by atoms with Gasteiger partial charge in [0.25, 0.3) is 11.5 Å². The van der Waals surface area contributed by atoms with Gasteiger partial charge in [-0.3, -0.25) is 14.4 Å². The summed E-state index contributed by atoms with van der Waals surface area (Å²) >= 11 is 7.69. The van der Waals surface area contributed by atoms with Gasteiger partial charge in [0.05, 0.1) is 23.8 Å². The minimum absolute atomic E-state index is 0.00492. The Bertz CT molecular complexity index is 1820. The third-order valence-corrected chi connectivity index (χ3v) is 9.36. The molecule has 1 aliphatic heterocycles. The number of amides is 2. The van der Waals surface area contributed by atoms with Crippen molar-refractivity contribution >= 4 is 40.9 Å². The van der Waals surface area contributed by atoms with Crippen molar-refractivity contribution in [1.82, 2.24) is 29.7 Å². The van der Waals surface area contributed by atoms with E-state index in [1.54, 1.807) is 24.7 Å². The number of thioether (sulfide) groups is 1. The van der Waals surface area contributed by atoms with Gasteiger partial charge in [0.2, 0.25) is 5.91 Å². The summed E-state index contributed by atoms with van der Waals surface area (Å²) in [6.07, 6.45) is 4.51. The Morgan fingerprint density at radius 2 is 1.98 bits per heavy atom. The minimum Gasteiger partial charge on any atom is -0.324 e. The molecule has 2 amide bonds. The highest BCUT2D eigenvalue weighted by molar-refractivity contribution is 7.99. The van der Waals surface area contributed by atoms with Crippen LogP contribution in [0.5, 0.6) is 0 Å². The Balaban J connectivity index is 1.23. The second kappa shape index (κ2) is 11.6. The predicted octanol–water partition coefficient (Wildman–Crippen LogP) is 4.53. The van der Waals surface area contributed by atoms with E-state index < -0.39 is 29.2 Å². The normalized spacial score (nSPS) is 18.0. The van der Waals surface area contributed by atoms with Crippen LogP contribution < -0.4 is 10.9 Å². The van der Waals surface area contributed by atoms with Gasteiger partial charge in [-0.1, -0.05) is 22.9 Å². The monoisotopic (exact) mass is 621 g/mol. The molecule has 3 heterocycles. The molecule has 10 nitrogen and oxygen atoms in total. The lowest BCUT2D eigenvalue weighted by Gasteiger charge is -2.25. The maximum Gasteiger partial charge on any atom is 0.279 e. The molecule has 13 heteroatoms. The Morgan fingerprint density at radius 3 is 2.79 bits per heavy atom. The first-order valence-corrected chi connectivity index (χ1v) is 15.4. The molecule has 222 valence electrons. The molecule has 1 saturated heterocycles. The summed E-state index contributed by atoms with van der Waals surface area (Å²) in [5, 5.41) is 16.2. The van der Waals surface area contributed by atoms with Gasteiger partial charge in [0.15, 0.2) is 0 Å². The van der Waals surface area contributed by atoms with Crippen molar-refractivity contribution in [3.8, 4) is 11.3 Å². The number of hydrogen-bond acceptors (Lipinski definition) is 7. The molecule has 2 aromatic carbocycles. The Kier molecular flexibility index (Phi) is 7.82. The lowest BCUT2D eigenvalue weighted by molar-refractivity contribution is -0.119. The maximum atomic E-state index is 15.0. The zero-order valence-corrected chi connectivity index (χ0v) is 25.4. The highest BCUT2D eigenvalue weighted by Gasteiger charge is 2.37. The Morgan fingerprint density at radius 1 is 1.16 bits per heavy atom. The Hall–Kier alpha value is -4.03. The predicted molar refractivity (Wildman–Crippen MR) is 163 cm³/mol. The molecule has 1 fully saturated rings. The first-order chi connectivity index (χ1) is 20.6. The molecule has 0 bridgehead atoms. The number of nitrogens with zero attached hydrogens (tertiary/aromatic N) is 6. The fourth-order valence-electron chi connectivity index (χ4n) is 5.70. The van der Waals surface area contributed by atoms with Gasteiger partial charge in [-0.25, -0.2) is 13.8 Å². The van der Waals surface area contributed by atoms with E-state index in [-0.39, 0.29) is 23.0 Å². The van der Waals surface area contributed by atoms with E-state index in [1.807, 2.05) is 18.2 Å². The van der Waals surface area contributed by atoms with Crippen LogP contribution in [-0.4, -0.2) is 59.2 Å². The number of carbonyl (C=O) groups excluding carboxylic acids is 2. The number of carbonyl (C=O) groups is 2. The van der Waals surface area contributed by atoms with Crippen LogP contribution in [-0.2, 0) is 18.3 Å². The van der Waals surface area contributed by atoms with Crippen LogP contribution in [0.25, 0.3) is 11.3 Å². The van der Waals surface area contributed by atoms with E-state index in [0.717, 1.165) is 29.5 Å². The number of nitrogens with one attached hydrogen (secondary N) is 1. The highest BCUT2D eigenvalue weighted by atomic mass is 35.5. The molecular formula is C30H29ClFN7O3S. The third-order valence-electron chi connectivity index (χ3n) is 8.12. The Labute approximate surface area is 256 Å². The number of fused-ring (bicyclic) bond motifs is 1. The summed E-state index contributed by atoms with van der Waals surface area (Å²) in [6, 6.07) is 9.21. The molecule has 4 aromatic rings. The molecule has 0 saturated carbocycles. The van der Waals surface area contributed by atoms with Crippen molar-refractivity contribution in [3.05, 3.63) is 91.7 Å². The van der Waals surface area contributed by atoms with Gasteiger partial charge in [0.1, 0.15) is 23.1 Å².